The molecule has 0 amide bonds. The average molecular weight is 381 g/mol. The molecule has 0 aliphatic rings. The summed E-state index contributed by atoms with van der Waals surface area (Å²) in [6.07, 6.45) is 0. The van der Waals surface area contributed by atoms with Gasteiger partial charge in [-0.2, -0.15) is 0 Å². The molecule has 108 valence electrons. The molecule has 3 nitrogen and oxygen atoms in total. The number of aromatic nitrogens is 2. The van der Waals surface area contributed by atoms with Gasteiger partial charge >= 0.3 is 0 Å². The molecular formula is C15H13BrN2OS2. The van der Waals surface area contributed by atoms with Gasteiger partial charge in [-0.3, -0.25) is 0 Å². The van der Waals surface area contributed by atoms with Crippen LogP contribution in [0.15, 0.2) is 43.4 Å². The Kier molecular flexibility index (Phi) is 4.47. The number of aryl methyl sites for hydroxylation is 2. The summed E-state index contributed by atoms with van der Waals surface area (Å²) < 4.78 is 6.78. The van der Waals surface area contributed by atoms with Crippen LogP contribution in [0.3, 0.4) is 0 Å². The highest BCUT2D eigenvalue weighted by Gasteiger charge is 2.11. The molecule has 0 atom stereocenters. The van der Waals surface area contributed by atoms with E-state index in [1.54, 1.807) is 23.1 Å². The smallest absolute Gasteiger partial charge is 0.257 e. The van der Waals surface area contributed by atoms with Gasteiger partial charge in [-0.05, 0) is 53.5 Å². The van der Waals surface area contributed by atoms with E-state index in [-0.39, 0.29) is 0 Å². The van der Waals surface area contributed by atoms with Crippen molar-refractivity contribution in [1.29, 1.82) is 0 Å². The highest BCUT2D eigenvalue weighted by Crippen LogP contribution is 2.32. The molecule has 0 unspecified atom stereocenters. The van der Waals surface area contributed by atoms with Gasteiger partial charge in [-0.1, -0.05) is 17.7 Å². The Morgan fingerprint density at radius 1 is 1.19 bits per heavy atom. The molecule has 6 heteroatoms. The van der Waals surface area contributed by atoms with E-state index in [1.807, 2.05) is 12.1 Å². The van der Waals surface area contributed by atoms with E-state index in [0.29, 0.717) is 17.5 Å². The molecule has 0 aliphatic heterocycles. The van der Waals surface area contributed by atoms with E-state index in [2.05, 4.69) is 58.2 Å². The lowest BCUT2D eigenvalue weighted by atomic mass is 10.2. The Labute approximate surface area is 139 Å². The summed E-state index contributed by atoms with van der Waals surface area (Å²) in [4.78, 5) is 2.24. The van der Waals surface area contributed by atoms with Gasteiger partial charge in [0.05, 0.1) is 14.4 Å². The van der Waals surface area contributed by atoms with Crippen molar-refractivity contribution >= 4 is 39.0 Å². The van der Waals surface area contributed by atoms with Crippen LogP contribution in [0.5, 0.6) is 0 Å². The minimum Gasteiger partial charge on any atom is -0.419 e. The Morgan fingerprint density at radius 3 is 2.81 bits per heavy atom. The molecule has 2 aromatic heterocycles. The van der Waals surface area contributed by atoms with E-state index in [9.17, 15) is 0 Å². The number of thioether (sulfide) groups is 1. The standard InChI is InChI=1S/C15H13BrN2OS2/c1-9-3-4-10(2)12(7-9)20-8-14-17-18-15(19-14)11-5-6-13(16)21-11/h3-7H,8H2,1-2H3. The molecular weight excluding hydrogens is 368 g/mol. The SMILES string of the molecule is Cc1ccc(C)c(SCc2nnc(-c3ccc(Br)s3)o2)c1. The van der Waals surface area contributed by atoms with Gasteiger partial charge in [-0.15, -0.1) is 33.3 Å². The predicted molar refractivity (Wildman–Crippen MR) is 90.8 cm³/mol. The maximum Gasteiger partial charge on any atom is 0.257 e. The lowest BCUT2D eigenvalue weighted by Gasteiger charge is -2.04. The van der Waals surface area contributed by atoms with Gasteiger partial charge < -0.3 is 4.42 Å². The molecule has 2 heterocycles. The molecule has 0 saturated carbocycles. The minimum absolute atomic E-state index is 0.585. The van der Waals surface area contributed by atoms with E-state index < -0.39 is 0 Å². The van der Waals surface area contributed by atoms with Crippen LogP contribution < -0.4 is 0 Å². The van der Waals surface area contributed by atoms with Crippen LogP contribution in [-0.4, -0.2) is 10.2 Å². The van der Waals surface area contributed by atoms with Crippen molar-refractivity contribution in [2.75, 3.05) is 0 Å². The largest absolute Gasteiger partial charge is 0.419 e. The number of hydrogen-bond donors (Lipinski definition) is 0. The van der Waals surface area contributed by atoms with E-state index in [0.717, 1.165) is 8.66 Å². The number of thiophene rings is 1. The molecule has 0 aliphatic carbocycles. The van der Waals surface area contributed by atoms with E-state index >= 15 is 0 Å². The normalized spacial score (nSPS) is 11.0. The third kappa shape index (κ3) is 3.56. The van der Waals surface area contributed by atoms with Crippen molar-refractivity contribution in [2.45, 2.75) is 24.5 Å². The maximum absolute atomic E-state index is 5.72. The zero-order chi connectivity index (χ0) is 14.8. The Hall–Kier alpha value is -1.11. The van der Waals surface area contributed by atoms with Crippen LogP contribution in [-0.2, 0) is 5.75 Å². The maximum atomic E-state index is 5.72. The summed E-state index contributed by atoms with van der Waals surface area (Å²) in [6.45, 7) is 4.22. The summed E-state index contributed by atoms with van der Waals surface area (Å²) >= 11 is 6.75. The van der Waals surface area contributed by atoms with Gasteiger partial charge in [0.1, 0.15) is 0 Å². The lowest BCUT2D eigenvalue weighted by molar-refractivity contribution is 0.529. The fourth-order valence-corrected chi connectivity index (χ4v) is 4.11. The molecule has 0 fully saturated rings. The van der Waals surface area contributed by atoms with Crippen LogP contribution in [0.4, 0.5) is 0 Å². The molecule has 3 aromatic rings. The van der Waals surface area contributed by atoms with Gasteiger partial charge in [0.2, 0.25) is 5.89 Å². The van der Waals surface area contributed by atoms with Crippen molar-refractivity contribution in [3.63, 3.8) is 0 Å². The first kappa shape index (κ1) is 14.8. The van der Waals surface area contributed by atoms with Crippen LogP contribution in [0, 0.1) is 13.8 Å². The first-order valence-electron chi connectivity index (χ1n) is 6.40. The summed E-state index contributed by atoms with van der Waals surface area (Å²) in [6, 6.07) is 10.4. The first-order chi connectivity index (χ1) is 10.1. The Balaban J connectivity index is 1.71. The zero-order valence-corrected chi connectivity index (χ0v) is 14.8. The third-order valence-corrected chi connectivity index (χ3v) is 5.70. The van der Waals surface area contributed by atoms with Crippen LogP contribution >= 0.6 is 39.0 Å². The average Bonchev–Trinajstić information content (AvgIpc) is 3.08. The summed E-state index contributed by atoms with van der Waals surface area (Å²) in [7, 11) is 0. The third-order valence-electron chi connectivity index (χ3n) is 2.95. The highest BCUT2D eigenvalue weighted by molar-refractivity contribution is 9.11. The fourth-order valence-electron chi connectivity index (χ4n) is 1.84. The molecule has 0 N–H and O–H groups in total. The topological polar surface area (TPSA) is 38.9 Å². The van der Waals surface area contributed by atoms with Crippen molar-refractivity contribution in [3.05, 3.63) is 51.1 Å². The van der Waals surface area contributed by atoms with E-state index in [4.69, 9.17) is 4.42 Å². The number of nitrogens with zero attached hydrogens (tertiary/aromatic N) is 2. The van der Waals surface area contributed by atoms with Crippen LogP contribution in [0.2, 0.25) is 0 Å². The summed E-state index contributed by atoms with van der Waals surface area (Å²) in [5.74, 6) is 1.92. The molecule has 0 spiro atoms. The monoisotopic (exact) mass is 380 g/mol. The molecule has 21 heavy (non-hydrogen) atoms. The second-order valence-corrected chi connectivity index (χ2v) is 8.14. The van der Waals surface area contributed by atoms with Crippen molar-refractivity contribution < 1.29 is 4.42 Å². The molecule has 0 saturated heterocycles. The van der Waals surface area contributed by atoms with Gasteiger partial charge in [0.25, 0.3) is 5.89 Å². The fraction of sp³-hybridized carbons (Fsp3) is 0.200. The predicted octanol–water partition coefficient (Wildman–Crippen LogP) is 5.47. The van der Waals surface area contributed by atoms with Crippen LogP contribution in [0.1, 0.15) is 17.0 Å². The highest BCUT2D eigenvalue weighted by atomic mass is 79.9. The second kappa shape index (κ2) is 6.34. The van der Waals surface area contributed by atoms with E-state index in [1.165, 1.54) is 16.0 Å². The Bertz CT molecular complexity index is 767. The molecule has 0 bridgehead atoms. The van der Waals surface area contributed by atoms with Gasteiger partial charge in [0.15, 0.2) is 0 Å². The van der Waals surface area contributed by atoms with Crippen molar-refractivity contribution in [3.8, 4) is 10.8 Å². The number of benzene rings is 1. The lowest BCUT2D eigenvalue weighted by Crippen LogP contribution is -1.84. The number of halogens is 1. The van der Waals surface area contributed by atoms with Gasteiger partial charge in [0, 0.05) is 4.90 Å². The number of rotatable bonds is 4. The molecule has 0 radical (unpaired) electrons. The molecule has 3 rings (SSSR count). The first-order valence-corrected chi connectivity index (χ1v) is 8.99. The number of hydrogen-bond acceptors (Lipinski definition) is 5. The summed E-state index contributed by atoms with van der Waals surface area (Å²) in [5, 5.41) is 8.23. The van der Waals surface area contributed by atoms with Gasteiger partial charge in [-0.25, -0.2) is 0 Å². The van der Waals surface area contributed by atoms with Crippen LogP contribution in [0.25, 0.3) is 10.8 Å². The summed E-state index contributed by atoms with van der Waals surface area (Å²) in [5.41, 5.74) is 2.53. The zero-order valence-electron chi connectivity index (χ0n) is 11.6. The minimum atomic E-state index is 0.585. The Morgan fingerprint density at radius 2 is 2.05 bits per heavy atom. The quantitative estimate of drug-likeness (QED) is 0.562. The van der Waals surface area contributed by atoms with Crippen molar-refractivity contribution in [1.82, 2.24) is 10.2 Å². The van der Waals surface area contributed by atoms with Crippen molar-refractivity contribution in [2.24, 2.45) is 0 Å². The second-order valence-electron chi connectivity index (χ2n) is 4.66. The molecule has 1 aromatic carbocycles.